The van der Waals surface area contributed by atoms with Crippen molar-refractivity contribution in [1.82, 2.24) is 9.97 Å². The van der Waals surface area contributed by atoms with Gasteiger partial charge in [-0.15, -0.1) is 0 Å². The molecule has 0 amide bonds. The fraction of sp³-hybridized carbons (Fsp3) is 0.273. The Bertz CT molecular complexity index is 927. The first-order valence-electron chi connectivity index (χ1n) is 9.41. The maximum atomic E-state index is 6.15. The molecule has 1 aliphatic heterocycles. The van der Waals surface area contributed by atoms with E-state index in [0.717, 1.165) is 54.1 Å². The SMILES string of the molecule is COCc1cc(N2CCN(c3cccc(Cl)c3)CC2)nc(-c2ccccc2)n1. The van der Waals surface area contributed by atoms with Crippen LogP contribution < -0.4 is 9.80 Å². The van der Waals surface area contributed by atoms with Crippen LogP contribution in [0.2, 0.25) is 5.02 Å². The molecule has 1 aliphatic rings. The van der Waals surface area contributed by atoms with Gasteiger partial charge in [0.2, 0.25) is 0 Å². The number of piperazine rings is 1. The van der Waals surface area contributed by atoms with E-state index in [9.17, 15) is 0 Å². The zero-order valence-corrected chi connectivity index (χ0v) is 16.6. The van der Waals surface area contributed by atoms with Gasteiger partial charge in [-0.2, -0.15) is 0 Å². The summed E-state index contributed by atoms with van der Waals surface area (Å²) in [5.41, 5.74) is 3.07. The van der Waals surface area contributed by atoms with Crippen LogP contribution in [0.25, 0.3) is 11.4 Å². The van der Waals surface area contributed by atoms with Gasteiger partial charge in [0.1, 0.15) is 5.82 Å². The first-order valence-corrected chi connectivity index (χ1v) is 9.78. The lowest BCUT2D eigenvalue weighted by molar-refractivity contribution is 0.181. The summed E-state index contributed by atoms with van der Waals surface area (Å²) in [6.07, 6.45) is 0. The standard InChI is InChI=1S/C22H23ClN4O/c1-28-16-19-15-21(25-22(24-19)17-6-3-2-4-7-17)27-12-10-26(11-13-27)20-9-5-8-18(23)14-20/h2-9,14-15H,10-13,16H2,1H3. The average Bonchev–Trinajstić information content (AvgIpc) is 2.74. The second-order valence-electron chi connectivity index (χ2n) is 6.79. The summed E-state index contributed by atoms with van der Waals surface area (Å²) in [6, 6.07) is 20.1. The van der Waals surface area contributed by atoms with E-state index in [1.54, 1.807) is 7.11 Å². The molecular weight excluding hydrogens is 372 g/mol. The number of aromatic nitrogens is 2. The normalized spacial score (nSPS) is 14.4. The van der Waals surface area contributed by atoms with E-state index in [1.807, 2.05) is 54.6 Å². The van der Waals surface area contributed by atoms with Gasteiger partial charge in [-0.1, -0.05) is 48.0 Å². The highest BCUT2D eigenvalue weighted by molar-refractivity contribution is 6.30. The number of halogens is 1. The van der Waals surface area contributed by atoms with Crippen molar-refractivity contribution >= 4 is 23.1 Å². The zero-order valence-electron chi connectivity index (χ0n) is 15.9. The van der Waals surface area contributed by atoms with E-state index >= 15 is 0 Å². The van der Waals surface area contributed by atoms with Crippen LogP contribution in [0.4, 0.5) is 11.5 Å². The maximum Gasteiger partial charge on any atom is 0.161 e. The summed E-state index contributed by atoms with van der Waals surface area (Å²) in [7, 11) is 1.69. The lowest BCUT2D eigenvalue weighted by atomic mass is 10.2. The van der Waals surface area contributed by atoms with Crippen LogP contribution in [0, 0.1) is 0 Å². The molecule has 5 nitrogen and oxygen atoms in total. The van der Waals surface area contributed by atoms with E-state index in [4.69, 9.17) is 21.3 Å². The largest absolute Gasteiger partial charge is 0.378 e. The van der Waals surface area contributed by atoms with Crippen molar-refractivity contribution in [2.24, 2.45) is 0 Å². The molecule has 144 valence electrons. The monoisotopic (exact) mass is 394 g/mol. The van der Waals surface area contributed by atoms with Gasteiger partial charge in [0.15, 0.2) is 5.82 Å². The van der Waals surface area contributed by atoms with Crippen molar-refractivity contribution in [1.29, 1.82) is 0 Å². The van der Waals surface area contributed by atoms with E-state index in [0.29, 0.717) is 6.61 Å². The minimum atomic E-state index is 0.470. The second-order valence-corrected chi connectivity index (χ2v) is 7.23. The van der Waals surface area contributed by atoms with Crippen molar-refractivity contribution in [3.05, 3.63) is 71.4 Å². The number of hydrogen-bond acceptors (Lipinski definition) is 5. The molecule has 0 bridgehead atoms. The lowest BCUT2D eigenvalue weighted by Gasteiger charge is -2.37. The van der Waals surface area contributed by atoms with Crippen LogP contribution in [-0.2, 0) is 11.3 Å². The number of methoxy groups -OCH3 is 1. The molecule has 0 radical (unpaired) electrons. The summed E-state index contributed by atoms with van der Waals surface area (Å²) in [5, 5.41) is 0.771. The van der Waals surface area contributed by atoms with Gasteiger partial charge in [0, 0.05) is 55.6 Å². The Balaban J connectivity index is 1.55. The Morgan fingerprint density at radius 2 is 1.64 bits per heavy atom. The first-order chi connectivity index (χ1) is 13.7. The number of ether oxygens (including phenoxy) is 1. The van der Waals surface area contributed by atoms with Gasteiger partial charge in [-0.3, -0.25) is 0 Å². The van der Waals surface area contributed by atoms with Crippen molar-refractivity contribution in [2.75, 3.05) is 43.1 Å². The third kappa shape index (κ3) is 4.26. The minimum Gasteiger partial charge on any atom is -0.378 e. The van der Waals surface area contributed by atoms with Crippen LogP contribution in [0.15, 0.2) is 60.7 Å². The van der Waals surface area contributed by atoms with Gasteiger partial charge in [-0.05, 0) is 18.2 Å². The third-order valence-electron chi connectivity index (χ3n) is 4.87. The van der Waals surface area contributed by atoms with Gasteiger partial charge in [-0.25, -0.2) is 9.97 Å². The number of rotatable bonds is 5. The van der Waals surface area contributed by atoms with Crippen molar-refractivity contribution in [3.63, 3.8) is 0 Å². The molecule has 2 heterocycles. The fourth-order valence-corrected chi connectivity index (χ4v) is 3.63. The lowest BCUT2D eigenvalue weighted by Crippen LogP contribution is -2.47. The van der Waals surface area contributed by atoms with E-state index in [-0.39, 0.29) is 0 Å². The third-order valence-corrected chi connectivity index (χ3v) is 5.10. The van der Waals surface area contributed by atoms with Gasteiger partial charge >= 0.3 is 0 Å². The van der Waals surface area contributed by atoms with Crippen LogP contribution in [-0.4, -0.2) is 43.3 Å². The highest BCUT2D eigenvalue weighted by atomic mass is 35.5. The highest BCUT2D eigenvalue weighted by Gasteiger charge is 2.20. The van der Waals surface area contributed by atoms with Gasteiger partial charge < -0.3 is 14.5 Å². The molecule has 0 saturated carbocycles. The quantitative estimate of drug-likeness (QED) is 0.646. The molecule has 6 heteroatoms. The molecule has 0 aliphatic carbocycles. The van der Waals surface area contributed by atoms with Crippen molar-refractivity contribution < 1.29 is 4.74 Å². The fourth-order valence-electron chi connectivity index (χ4n) is 3.45. The summed E-state index contributed by atoms with van der Waals surface area (Å²) >= 11 is 6.15. The predicted molar refractivity (Wildman–Crippen MR) is 114 cm³/mol. The Morgan fingerprint density at radius 3 is 2.36 bits per heavy atom. The predicted octanol–water partition coefficient (Wildman–Crippen LogP) is 4.27. The number of hydrogen-bond donors (Lipinski definition) is 0. The van der Waals surface area contributed by atoms with E-state index in [1.165, 1.54) is 5.69 Å². The molecule has 1 saturated heterocycles. The Morgan fingerprint density at radius 1 is 0.893 bits per heavy atom. The molecule has 0 unspecified atom stereocenters. The minimum absolute atomic E-state index is 0.470. The molecule has 1 fully saturated rings. The molecule has 2 aromatic carbocycles. The molecule has 28 heavy (non-hydrogen) atoms. The van der Waals surface area contributed by atoms with Gasteiger partial charge in [0.05, 0.1) is 12.3 Å². The Kier molecular flexibility index (Phi) is 5.74. The summed E-state index contributed by atoms with van der Waals surface area (Å²) in [4.78, 5) is 14.2. The van der Waals surface area contributed by atoms with Crippen LogP contribution in [0.3, 0.4) is 0 Å². The van der Waals surface area contributed by atoms with Gasteiger partial charge in [0.25, 0.3) is 0 Å². The van der Waals surface area contributed by atoms with Crippen molar-refractivity contribution in [2.45, 2.75) is 6.61 Å². The van der Waals surface area contributed by atoms with Crippen LogP contribution >= 0.6 is 11.6 Å². The highest BCUT2D eigenvalue weighted by Crippen LogP contribution is 2.24. The molecule has 4 rings (SSSR count). The molecule has 1 aromatic heterocycles. The number of nitrogens with zero attached hydrogens (tertiary/aromatic N) is 4. The smallest absolute Gasteiger partial charge is 0.161 e. The molecule has 3 aromatic rings. The Labute approximate surface area is 170 Å². The number of anilines is 2. The maximum absolute atomic E-state index is 6.15. The average molecular weight is 395 g/mol. The van der Waals surface area contributed by atoms with E-state index < -0.39 is 0 Å². The van der Waals surface area contributed by atoms with Crippen LogP contribution in [0.1, 0.15) is 5.69 Å². The topological polar surface area (TPSA) is 41.5 Å². The summed E-state index contributed by atoms with van der Waals surface area (Å²) in [6.45, 7) is 4.10. The molecule has 0 N–H and O–H groups in total. The number of benzene rings is 2. The summed E-state index contributed by atoms with van der Waals surface area (Å²) < 4.78 is 5.32. The Hall–Kier alpha value is -2.63. The summed E-state index contributed by atoms with van der Waals surface area (Å²) in [5.74, 6) is 1.69. The van der Waals surface area contributed by atoms with Crippen molar-refractivity contribution in [3.8, 4) is 11.4 Å². The molecule has 0 spiro atoms. The second kappa shape index (κ2) is 8.59. The molecule has 0 atom stereocenters. The van der Waals surface area contributed by atoms with E-state index in [2.05, 4.69) is 20.9 Å². The zero-order chi connectivity index (χ0) is 19.3. The molecular formula is C22H23ClN4O. The first kappa shape index (κ1) is 18.7. The van der Waals surface area contributed by atoms with Crippen LogP contribution in [0.5, 0.6) is 0 Å².